The van der Waals surface area contributed by atoms with Crippen molar-refractivity contribution in [1.82, 2.24) is 4.98 Å². The van der Waals surface area contributed by atoms with Crippen LogP contribution in [0.1, 0.15) is 40.2 Å². The van der Waals surface area contributed by atoms with Gasteiger partial charge in [0.05, 0.1) is 18.3 Å². The molecular weight excluding hydrogens is 528 g/mol. The zero-order valence-electron chi connectivity index (χ0n) is 21.8. The topological polar surface area (TPSA) is 103 Å². The zero-order chi connectivity index (χ0) is 28.1. The van der Waals surface area contributed by atoms with E-state index in [9.17, 15) is 27.1 Å². The van der Waals surface area contributed by atoms with Gasteiger partial charge in [-0.1, -0.05) is 0 Å². The minimum Gasteiger partial charge on any atom is -0.494 e. The van der Waals surface area contributed by atoms with Crippen molar-refractivity contribution in [2.75, 3.05) is 18.6 Å². The first-order chi connectivity index (χ1) is 18.4. The number of sulfone groups is 1. The molecule has 2 aliphatic rings. The van der Waals surface area contributed by atoms with Crippen molar-refractivity contribution < 1.29 is 36.6 Å². The maximum absolute atomic E-state index is 15.0. The van der Waals surface area contributed by atoms with Crippen LogP contribution >= 0.6 is 0 Å². The number of carboxylic acid groups (broad SMARTS) is 1. The van der Waals surface area contributed by atoms with E-state index < -0.39 is 27.4 Å². The maximum atomic E-state index is 15.0. The number of aliphatic carboxylic acids is 1. The number of rotatable bonds is 10. The number of carbonyl (C=O) groups is 1. The molecule has 3 atom stereocenters. The van der Waals surface area contributed by atoms with Gasteiger partial charge in [-0.2, -0.15) is 0 Å². The second-order valence-electron chi connectivity index (χ2n) is 10.5. The Morgan fingerprint density at radius 3 is 2.46 bits per heavy atom. The normalized spacial score (nSPS) is 19.4. The molecule has 3 aromatic rings. The molecule has 1 fully saturated rings. The fourth-order valence-electron chi connectivity index (χ4n) is 5.67. The minimum absolute atomic E-state index is 0.00639. The molecule has 1 saturated carbocycles. The highest BCUT2D eigenvalue weighted by Gasteiger charge is 2.59. The van der Waals surface area contributed by atoms with Gasteiger partial charge in [-0.3, -0.25) is 4.79 Å². The first-order valence-corrected chi connectivity index (χ1v) is 14.7. The van der Waals surface area contributed by atoms with E-state index in [0.29, 0.717) is 30.0 Å². The van der Waals surface area contributed by atoms with Crippen molar-refractivity contribution in [3.63, 3.8) is 0 Å². The van der Waals surface area contributed by atoms with Gasteiger partial charge in [-0.05, 0) is 78.6 Å². The van der Waals surface area contributed by atoms with E-state index in [0.717, 1.165) is 28.3 Å². The van der Waals surface area contributed by atoms with E-state index in [-0.39, 0.29) is 47.8 Å². The Morgan fingerprint density at radius 2 is 1.79 bits per heavy atom. The van der Waals surface area contributed by atoms with E-state index in [2.05, 4.69) is 4.98 Å². The van der Waals surface area contributed by atoms with Gasteiger partial charge in [0.2, 0.25) is 5.88 Å². The highest BCUT2D eigenvalue weighted by atomic mass is 32.2. The van der Waals surface area contributed by atoms with E-state index in [1.807, 2.05) is 0 Å². The molecule has 7 nitrogen and oxygen atoms in total. The summed E-state index contributed by atoms with van der Waals surface area (Å²) >= 11 is 0. The fourth-order valence-corrected chi connectivity index (χ4v) is 6.32. The van der Waals surface area contributed by atoms with Crippen molar-refractivity contribution in [3.8, 4) is 22.8 Å². The molecule has 10 heteroatoms. The van der Waals surface area contributed by atoms with Crippen molar-refractivity contribution in [3.05, 3.63) is 76.0 Å². The molecule has 0 unspecified atom stereocenters. The summed E-state index contributed by atoms with van der Waals surface area (Å²) in [4.78, 5) is 15.6. The molecule has 5 rings (SSSR count). The minimum atomic E-state index is -3.07. The van der Waals surface area contributed by atoms with Gasteiger partial charge in [0.1, 0.15) is 33.8 Å². The SMILES string of the molecule is Cc1cc(OCCCS(C)(=O)=O)cc(C)c1-c1cc(COc2cc3c(cn2)[C@H]2[C@@H](C3)[C@@H]2C(=O)O)c(F)cc1F. The maximum Gasteiger partial charge on any atom is 0.307 e. The van der Waals surface area contributed by atoms with Crippen molar-refractivity contribution >= 4 is 15.8 Å². The number of aromatic nitrogens is 1. The second-order valence-corrected chi connectivity index (χ2v) is 12.7. The Hall–Kier alpha value is -3.53. The summed E-state index contributed by atoms with van der Waals surface area (Å²) in [7, 11) is -3.07. The molecule has 0 radical (unpaired) electrons. The van der Waals surface area contributed by atoms with Crippen LogP contribution in [-0.4, -0.2) is 43.1 Å². The van der Waals surface area contributed by atoms with Gasteiger partial charge in [0.25, 0.3) is 0 Å². The van der Waals surface area contributed by atoms with Gasteiger partial charge >= 0.3 is 5.97 Å². The molecule has 0 bridgehead atoms. The quantitative estimate of drug-likeness (QED) is 0.350. The van der Waals surface area contributed by atoms with Crippen LogP contribution in [0.15, 0.2) is 36.5 Å². The van der Waals surface area contributed by atoms with Gasteiger partial charge in [0.15, 0.2) is 0 Å². The highest BCUT2D eigenvalue weighted by molar-refractivity contribution is 7.90. The van der Waals surface area contributed by atoms with Crippen molar-refractivity contribution in [1.29, 1.82) is 0 Å². The fraction of sp³-hybridized carbons (Fsp3) is 0.379. The number of pyridine rings is 1. The lowest BCUT2D eigenvalue weighted by Gasteiger charge is -2.16. The number of hydrogen-bond donors (Lipinski definition) is 1. The van der Waals surface area contributed by atoms with Gasteiger partial charge in [0, 0.05) is 41.6 Å². The van der Waals surface area contributed by atoms with Crippen LogP contribution in [0, 0.1) is 37.3 Å². The van der Waals surface area contributed by atoms with Gasteiger partial charge in [-0.25, -0.2) is 22.2 Å². The standard InChI is InChI=1S/C29H29F2NO6S/c1-15-7-19(37-5-4-6-39(3,35)36)8-16(2)26(15)20-10-18(23(30)12-24(20)31)14-38-25-11-17-9-21-27(22(17)13-32-25)28(21)29(33)34/h7-8,10-13,21,27-28H,4-6,9,14H2,1-3H3,(H,33,34)/t21-,27-,28+/m1/s1. The van der Waals surface area contributed by atoms with Crippen molar-refractivity contribution in [2.24, 2.45) is 11.8 Å². The summed E-state index contributed by atoms with van der Waals surface area (Å²) < 4.78 is 63.7. The number of benzene rings is 2. The molecular formula is C29H29F2NO6S. The average Bonchev–Trinajstić information content (AvgIpc) is 3.44. The molecule has 1 aromatic heterocycles. The van der Waals surface area contributed by atoms with Gasteiger partial charge < -0.3 is 14.6 Å². The number of ether oxygens (including phenoxy) is 2. The number of hydrogen-bond acceptors (Lipinski definition) is 6. The Labute approximate surface area is 225 Å². The predicted molar refractivity (Wildman–Crippen MR) is 141 cm³/mol. The summed E-state index contributed by atoms with van der Waals surface area (Å²) in [6, 6.07) is 7.54. The highest BCUT2D eigenvalue weighted by Crippen LogP contribution is 2.61. The molecule has 206 valence electrons. The second kappa shape index (κ2) is 10.2. The predicted octanol–water partition coefficient (Wildman–Crippen LogP) is 5.01. The molecule has 2 aliphatic carbocycles. The van der Waals surface area contributed by atoms with Crippen LogP contribution in [-0.2, 0) is 27.7 Å². The third kappa shape index (κ3) is 5.61. The summed E-state index contributed by atoms with van der Waals surface area (Å²) in [6.45, 7) is 3.68. The molecule has 39 heavy (non-hydrogen) atoms. The lowest BCUT2D eigenvalue weighted by atomic mass is 9.93. The summed E-state index contributed by atoms with van der Waals surface area (Å²) in [5.74, 6) is -1.58. The van der Waals surface area contributed by atoms with E-state index >= 15 is 0 Å². The lowest BCUT2D eigenvalue weighted by molar-refractivity contribution is -0.139. The largest absolute Gasteiger partial charge is 0.494 e. The van der Waals surface area contributed by atoms with Crippen molar-refractivity contribution in [2.45, 2.75) is 39.2 Å². The Balaban J connectivity index is 1.30. The average molecular weight is 558 g/mol. The van der Waals surface area contributed by atoms with Gasteiger partial charge in [-0.15, -0.1) is 0 Å². The third-order valence-electron chi connectivity index (χ3n) is 7.48. The summed E-state index contributed by atoms with van der Waals surface area (Å²) in [5, 5.41) is 9.28. The number of nitrogens with zero attached hydrogens (tertiary/aromatic N) is 1. The Bertz CT molecular complexity index is 1550. The van der Waals surface area contributed by atoms with Crippen LogP contribution in [0.25, 0.3) is 11.1 Å². The third-order valence-corrected chi connectivity index (χ3v) is 8.51. The molecule has 0 amide bonds. The molecule has 0 saturated heterocycles. The van der Waals surface area contributed by atoms with Crippen LogP contribution in [0.4, 0.5) is 8.78 Å². The first kappa shape index (κ1) is 27.1. The van der Waals surface area contributed by atoms with E-state index in [1.54, 1.807) is 38.2 Å². The molecule has 1 N–H and O–H groups in total. The number of fused-ring (bicyclic) bond motifs is 3. The molecule has 2 aromatic carbocycles. The Kier molecular flexibility index (Phi) is 7.09. The number of halogens is 2. The monoisotopic (exact) mass is 557 g/mol. The van der Waals surface area contributed by atoms with Crippen LogP contribution < -0.4 is 9.47 Å². The first-order valence-electron chi connectivity index (χ1n) is 12.7. The number of aryl methyl sites for hydroxylation is 2. The Morgan fingerprint density at radius 1 is 1.08 bits per heavy atom. The smallest absolute Gasteiger partial charge is 0.307 e. The van der Waals surface area contributed by atoms with Crippen LogP contribution in [0.5, 0.6) is 11.6 Å². The van der Waals surface area contributed by atoms with Crippen LogP contribution in [0.2, 0.25) is 0 Å². The van der Waals surface area contributed by atoms with E-state index in [4.69, 9.17) is 9.47 Å². The molecule has 1 heterocycles. The summed E-state index contributed by atoms with van der Waals surface area (Å²) in [5.41, 5.74) is 4.40. The van der Waals surface area contributed by atoms with E-state index in [1.165, 1.54) is 12.3 Å². The number of carboxylic acids is 1. The lowest BCUT2D eigenvalue weighted by Crippen LogP contribution is -2.08. The molecule has 0 spiro atoms. The summed E-state index contributed by atoms with van der Waals surface area (Å²) in [6.07, 6.45) is 3.83. The zero-order valence-corrected chi connectivity index (χ0v) is 22.6. The molecule has 0 aliphatic heterocycles. The van der Waals surface area contributed by atoms with Crippen LogP contribution in [0.3, 0.4) is 0 Å².